The van der Waals surface area contributed by atoms with E-state index in [0.29, 0.717) is 22.5 Å². The molecule has 2 aromatic carbocycles. The summed E-state index contributed by atoms with van der Waals surface area (Å²) in [5, 5.41) is 2.52. The first-order valence-corrected chi connectivity index (χ1v) is 13.2. The second-order valence-electron chi connectivity index (χ2n) is 8.25. The van der Waals surface area contributed by atoms with Gasteiger partial charge in [-0.05, 0) is 36.4 Å². The van der Waals surface area contributed by atoms with Crippen molar-refractivity contribution in [2.45, 2.75) is 4.90 Å². The van der Waals surface area contributed by atoms with Gasteiger partial charge in [0.15, 0.2) is 28.6 Å². The van der Waals surface area contributed by atoms with Crippen LogP contribution >= 0.6 is 11.6 Å². The van der Waals surface area contributed by atoms with E-state index >= 15 is 4.39 Å². The van der Waals surface area contributed by atoms with Gasteiger partial charge in [-0.2, -0.15) is 0 Å². The number of nitrogens with two attached hydrogens (primary N) is 1. The Balaban J connectivity index is 1.40. The smallest absolute Gasteiger partial charge is 0.263 e. The molecule has 12 nitrogen and oxygen atoms in total. The van der Waals surface area contributed by atoms with Crippen molar-refractivity contribution >= 4 is 66.8 Å². The number of benzene rings is 2. The first-order valence-electron chi connectivity index (χ1n) is 11.3. The van der Waals surface area contributed by atoms with Crippen LogP contribution in [0.15, 0.2) is 72.4 Å². The average Bonchev–Trinajstić information content (AvgIpc) is 3.38. The fourth-order valence-electron chi connectivity index (χ4n) is 3.90. The van der Waals surface area contributed by atoms with Crippen LogP contribution in [0.2, 0.25) is 5.02 Å². The SMILES string of the molecule is Nc1ncnc2c1ncn2-c1ccc2ncnc(Nc3c(F)ccc(NS(=O)(=O)c4ccccc4Cl)c3F)c2n1. The highest BCUT2D eigenvalue weighted by molar-refractivity contribution is 7.92. The molecule has 0 saturated carbocycles. The lowest BCUT2D eigenvalue weighted by atomic mass is 10.2. The zero-order chi connectivity index (χ0) is 28.0. The summed E-state index contributed by atoms with van der Waals surface area (Å²) in [4.78, 5) is 24.9. The maximum atomic E-state index is 15.5. The Hall–Kier alpha value is -5.02. The monoisotopic (exact) mass is 580 g/mol. The molecule has 4 aromatic heterocycles. The molecule has 0 aliphatic rings. The molecular weight excluding hydrogens is 566 g/mol. The third kappa shape index (κ3) is 4.36. The van der Waals surface area contributed by atoms with Gasteiger partial charge in [0, 0.05) is 0 Å². The third-order valence-electron chi connectivity index (χ3n) is 5.78. The molecule has 40 heavy (non-hydrogen) atoms. The number of halogens is 3. The second kappa shape index (κ2) is 9.62. The summed E-state index contributed by atoms with van der Waals surface area (Å²) in [6.45, 7) is 0. The van der Waals surface area contributed by atoms with Gasteiger partial charge < -0.3 is 11.1 Å². The minimum atomic E-state index is -4.29. The number of nitrogen functional groups attached to an aromatic ring is 1. The van der Waals surface area contributed by atoms with Crippen LogP contribution in [0.4, 0.5) is 31.8 Å². The van der Waals surface area contributed by atoms with E-state index in [4.69, 9.17) is 17.3 Å². The minimum absolute atomic E-state index is 0.0469. The minimum Gasteiger partial charge on any atom is -0.382 e. The largest absolute Gasteiger partial charge is 0.382 e. The topological polar surface area (TPSA) is 166 Å². The molecule has 6 aromatic rings. The standard InChI is InChI=1S/C24H15ClF2N10O2S/c25-12-3-1-2-4-16(12)40(38,39)36-14-6-5-13(26)19(18(14)27)35-23-20-15(29-9-31-23)7-8-17(34-20)37-11-33-21-22(28)30-10-32-24(21)37/h1-11,36H,(H2,28,30,32)(H,29,31,35). The summed E-state index contributed by atoms with van der Waals surface area (Å²) in [6, 6.07) is 10.8. The summed E-state index contributed by atoms with van der Waals surface area (Å²) in [6.07, 6.45) is 3.92. The highest BCUT2D eigenvalue weighted by Gasteiger charge is 2.23. The summed E-state index contributed by atoms with van der Waals surface area (Å²) in [5.41, 5.74) is 5.96. The van der Waals surface area contributed by atoms with E-state index in [-0.39, 0.29) is 27.1 Å². The molecule has 0 bridgehead atoms. The van der Waals surface area contributed by atoms with Crippen molar-refractivity contribution in [3.05, 3.63) is 84.2 Å². The number of pyridine rings is 1. The molecule has 0 aliphatic carbocycles. The van der Waals surface area contributed by atoms with E-state index in [1.165, 1.54) is 37.2 Å². The molecule has 0 unspecified atom stereocenters. The molecule has 0 atom stereocenters. The summed E-state index contributed by atoms with van der Waals surface area (Å²) >= 11 is 6.00. The number of imidazole rings is 1. The van der Waals surface area contributed by atoms with Crippen LogP contribution in [0.1, 0.15) is 0 Å². The van der Waals surface area contributed by atoms with Gasteiger partial charge in [-0.25, -0.2) is 47.1 Å². The van der Waals surface area contributed by atoms with Gasteiger partial charge in [-0.15, -0.1) is 0 Å². The number of anilines is 4. The predicted molar refractivity (Wildman–Crippen MR) is 144 cm³/mol. The van der Waals surface area contributed by atoms with Gasteiger partial charge in [0.2, 0.25) is 0 Å². The maximum absolute atomic E-state index is 15.5. The fraction of sp³-hybridized carbons (Fsp3) is 0. The van der Waals surface area contributed by atoms with Crippen molar-refractivity contribution in [2.75, 3.05) is 15.8 Å². The van der Waals surface area contributed by atoms with Crippen molar-refractivity contribution < 1.29 is 17.2 Å². The molecule has 4 N–H and O–H groups in total. The molecule has 200 valence electrons. The van der Waals surface area contributed by atoms with Gasteiger partial charge in [-0.1, -0.05) is 23.7 Å². The maximum Gasteiger partial charge on any atom is 0.263 e. The Kier molecular flexibility index (Phi) is 6.08. The molecule has 4 heterocycles. The number of hydrogen-bond acceptors (Lipinski definition) is 10. The molecule has 0 radical (unpaired) electrons. The lowest BCUT2D eigenvalue weighted by molar-refractivity contribution is 0.588. The lowest BCUT2D eigenvalue weighted by Gasteiger charge is -2.14. The molecule has 0 aliphatic heterocycles. The molecule has 0 fully saturated rings. The fourth-order valence-corrected chi connectivity index (χ4v) is 5.48. The Morgan fingerprint density at radius 1 is 0.900 bits per heavy atom. The summed E-state index contributed by atoms with van der Waals surface area (Å²) in [5.74, 6) is -1.74. The quantitative estimate of drug-likeness (QED) is 0.259. The van der Waals surface area contributed by atoms with Crippen LogP contribution in [0.3, 0.4) is 0 Å². The molecule has 6 rings (SSSR count). The number of fused-ring (bicyclic) bond motifs is 2. The van der Waals surface area contributed by atoms with Crippen LogP contribution in [-0.4, -0.2) is 42.9 Å². The van der Waals surface area contributed by atoms with E-state index < -0.39 is 33.0 Å². The number of rotatable bonds is 6. The highest BCUT2D eigenvalue weighted by atomic mass is 35.5. The normalized spacial score (nSPS) is 11.7. The number of nitrogens with one attached hydrogen (secondary N) is 2. The summed E-state index contributed by atoms with van der Waals surface area (Å²) in [7, 11) is -4.29. The lowest BCUT2D eigenvalue weighted by Crippen LogP contribution is -2.15. The van der Waals surface area contributed by atoms with E-state index in [9.17, 15) is 12.8 Å². The van der Waals surface area contributed by atoms with Crippen LogP contribution in [0, 0.1) is 11.6 Å². The molecule has 0 saturated heterocycles. The van der Waals surface area contributed by atoms with Crippen molar-refractivity contribution in [1.29, 1.82) is 0 Å². The van der Waals surface area contributed by atoms with Gasteiger partial charge in [-0.3, -0.25) is 9.29 Å². The molecular formula is C24H15ClF2N10O2S. The number of aromatic nitrogens is 7. The van der Waals surface area contributed by atoms with Crippen LogP contribution < -0.4 is 15.8 Å². The van der Waals surface area contributed by atoms with Gasteiger partial charge in [0.05, 0.1) is 16.2 Å². The van der Waals surface area contributed by atoms with Crippen LogP contribution in [-0.2, 0) is 10.0 Å². The zero-order valence-corrected chi connectivity index (χ0v) is 21.5. The highest BCUT2D eigenvalue weighted by Crippen LogP contribution is 2.32. The van der Waals surface area contributed by atoms with Crippen molar-refractivity contribution in [3.63, 3.8) is 0 Å². The average molecular weight is 581 g/mol. The third-order valence-corrected chi connectivity index (χ3v) is 7.65. The van der Waals surface area contributed by atoms with Crippen molar-refractivity contribution in [1.82, 2.24) is 34.5 Å². The van der Waals surface area contributed by atoms with Crippen molar-refractivity contribution in [3.8, 4) is 5.82 Å². The Bertz CT molecular complexity index is 2060. The van der Waals surface area contributed by atoms with Gasteiger partial charge in [0.1, 0.15) is 46.7 Å². The van der Waals surface area contributed by atoms with E-state index in [0.717, 1.165) is 12.1 Å². The number of nitrogens with zero attached hydrogens (tertiary/aromatic N) is 7. The Morgan fingerprint density at radius 2 is 1.70 bits per heavy atom. The van der Waals surface area contributed by atoms with E-state index in [1.54, 1.807) is 22.8 Å². The van der Waals surface area contributed by atoms with Gasteiger partial charge in [0.25, 0.3) is 10.0 Å². The van der Waals surface area contributed by atoms with E-state index in [2.05, 4.69) is 39.9 Å². The second-order valence-corrected chi connectivity index (χ2v) is 10.3. The van der Waals surface area contributed by atoms with Crippen molar-refractivity contribution in [2.24, 2.45) is 0 Å². The van der Waals surface area contributed by atoms with Crippen LogP contribution in [0.5, 0.6) is 0 Å². The Labute approximate surface area is 229 Å². The number of sulfonamides is 1. The summed E-state index contributed by atoms with van der Waals surface area (Å²) < 4.78 is 59.7. The molecule has 0 amide bonds. The zero-order valence-electron chi connectivity index (χ0n) is 19.9. The first-order chi connectivity index (χ1) is 19.2. The van der Waals surface area contributed by atoms with Gasteiger partial charge >= 0.3 is 0 Å². The molecule has 0 spiro atoms. The molecule has 16 heteroatoms. The predicted octanol–water partition coefficient (Wildman–Crippen LogP) is 4.21. The van der Waals surface area contributed by atoms with Crippen LogP contribution in [0.25, 0.3) is 28.0 Å². The Morgan fingerprint density at radius 3 is 2.52 bits per heavy atom. The number of hydrogen-bond donors (Lipinski definition) is 3. The first kappa shape index (κ1) is 25.3. The van der Waals surface area contributed by atoms with E-state index in [1.807, 2.05) is 0 Å².